The van der Waals surface area contributed by atoms with E-state index in [4.69, 9.17) is 9.47 Å². The van der Waals surface area contributed by atoms with Crippen molar-refractivity contribution < 1.29 is 9.47 Å². The van der Waals surface area contributed by atoms with Gasteiger partial charge in [0.25, 0.3) is 0 Å². The summed E-state index contributed by atoms with van der Waals surface area (Å²) in [6.07, 6.45) is 2.57. The average molecular weight is 251 g/mol. The molecule has 0 bridgehead atoms. The molecule has 0 amide bonds. The first-order valence-corrected chi connectivity index (χ1v) is 7.27. The van der Waals surface area contributed by atoms with Crippen LogP contribution in [-0.2, 0) is 6.54 Å². The highest BCUT2D eigenvalue weighted by Crippen LogP contribution is 2.32. The number of fused-ring (bicyclic) bond motifs is 1. The minimum Gasteiger partial charge on any atom is -0.454 e. The number of hydrogen-bond donors (Lipinski definition) is 1. The Balaban J connectivity index is 1.57. The standard InChI is InChI=1S/C13H17NO2S/c1-2-12-13(16-9-15-12)7-10(1)8-14-11-3-5-17-6-4-11/h1-2,7,11,14H,3-6,8-9H2. The fourth-order valence-corrected chi connectivity index (χ4v) is 3.32. The Morgan fingerprint density at radius 2 is 2.00 bits per heavy atom. The molecule has 1 aromatic carbocycles. The topological polar surface area (TPSA) is 30.5 Å². The second-order valence-electron chi connectivity index (χ2n) is 4.46. The Morgan fingerprint density at radius 3 is 2.88 bits per heavy atom. The predicted molar refractivity (Wildman–Crippen MR) is 69.8 cm³/mol. The van der Waals surface area contributed by atoms with Gasteiger partial charge in [0.2, 0.25) is 6.79 Å². The van der Waals surface area contributed by atoms with Gasteiger partial charge in [-0.15, -0.1) is 0 Å². The number of benzene rings is 1. The molecule has 1 saturated heterocycles. The van der Waals surface area contributed by atoms with Crippen LogP contribution in [0.2, 0.25) is 0 Å². The first kappa shape index (κ1) is 11.2. The molecule has 17 heavy (non-hydrogen) atoms. The van der Waals surface area contributed by atoms with Gasteiger partial charge in [0.05, 0.1) is 0 Å². The van der Waals surface area contributed by atoms with Gasteiger partial charge in [0, 0.05) is 12.6 Å². The molecule has 0 spiro atoms. The van der Waals surface area contributed by atoms with Gasteiger partial charge in [-0.25, -0.2) is 0 Å². The van der Waals surface area contributed by atoms with Crippen molar-refractivity contribution in [2.45, 2.75) is 25.4 Å². The lowest BCUT2D eigenvalue weighted by atomic mass is 10.1. The predicted octanol–water partition coefficient (Wildman–Crippen LogP) is 2.40. The molecule has 0 radical (unpaired) electrons. The van der Waals surface area contributed by atoms with Crippen molar-refractivity contribution in [3.05, 3.63) is 23.8 Å². The van der Waals surface area contributed by atoms with E-state index < -0.39 is 0 Å². The molecule has 0 unspecified atom stereocenters. The van der Waals surface area contributed by atoms with Crippen LogP contribution < -0.4 is 14.8 Å². The normalized spacial score (nSPS) is 19.5. The fraction of sp³-hybridized carbons (Fsp3) is 0.538. The van der Waals surface area contributed by atoms with Crippen molar-refractivity contribution in [3.8, 4) is 11.5 Å². The number of nitrogens with one attached hydrogen (secondary N) is 1. The maximum atomic E-state index is 5.38. The first-order valence-electron chi connectivity index (χ1n) is 6.11. The Labute approximate surface area is 106 Å². The zero-order chi connectivity index (χ0) is 11.5. The van der Waals surface area contributed by atoms with Crippen molar-refractivity contribution in [2.24, 2.45) is 0 Å². The molecular weight excluding hydrogens is 234 g/mol. The lowest BCUT2D eigenvalue weighted by Crippen LogP contribution is -2.31. The van der Waals surface area contributed by atoms with E-state index in [1.165, 1.54) is 29.9 Å². The van der Waals surface area contributed by atoms with Crippen LogP contribution >= 0.6 is 11.8 Å². The van der Waals surface area contributed by atoms with E-state index in [-0.39, 0.29) is 0 Å². The van der Waals surface area contributed by atoms with Gasteiger partial charge < -0.3 is 14.8 Å². The van der Waals surface area contributed by atoms with Crippen molar-refractivity contribution in [2.75, 3.05) is 18.3 Å². The lowest BCUT2D eigenvalue weighted by molar-refractivity contribution is 0.174. The van der Waals surface area contributed by atoms with Gasteiger partial charge in [-0.2, -0.15) is 11.8 Å². The highest BCUT2D eigenvalue weighted by atomic mass is 32.2. The summed E-state index contributed by atoms with van der Waals surface area (Å²) in [5.41, 5.74) is 1.27. The second kappa shape index (κ2) is 5.19. The van der Waals surface area contributed by atoms with E-state index in [1.54, 1.807) is 0 Å². The van der Waals surface area contributed by atoms with Crippen LogP contribution in [0, 0.1) is 0 Å². The number of rotatable bonds is 3. The molecule has 3 rings (SSSR count). The highest BCUT2D eigenvalue weighted by Gasteiger charge is 2.15. The van der Waals surface area contributed by atoms with E-state index in [0.29, 0.717) is 12.8 Å². The molecule has 0 saturated carbocycles. The average Bonchev–Trinajstić information content (AvgIpc) is 2.85. The highest BCUT2D eigenvalue weighted by molar-refractivity contribution is 7.99. The summed E-state index contributed by atoms with van der Waals surface area (Å²) in [6.45, 7) is 1.28. The maximum absolute atomic E-state index is 5.38. The molecule has 0 aliphatic carbocycles. The summed E-state index contributed by atoms with van der Waals surface area (Å²) in [5.74, 6) is 4.32. The van der Waals surface area contributed by atoms with Crippen LogP contribution in [0.15, 0.2) is 18.2 Å². The molecule has 0 aromatic heterocycles. The molecular formula is C13H17NO2S. The van der Waals surface area contributed by atoms with Crippen molar-refractivity contribution in [1.29, 1.82) is 0 Å². The van der Waals surface area contributed by atoms with Gasteiger partial charge in [-0.05, 0) is 42.0 Å². The van der Waals surface area contributed by atoms with Crippen LogP contribution in [0.3, 0.4) is 0 Å². The molecule has 0 atom stereocenters. The smallest absolute Gasteiger partial charge is 0.231 e. The third-order valence-electron chi connectivity index (χ3n) is 3.25. The van der Waals surface area contributed by atoms with Crippen molar-refractivity contribution in [1.82, 2.24) is 5.32 Å². The Kier molecular flexibility index (Phi) is 3.43. The largest absolute Gasteiger partial charge is 0.454 e. The molecule has 2 heterocycles. The summed E-state index contributed by atoms with van der Waals surface area (Å²) in [4.78, 5) is 0. The van der Waals surface area contributed by atoms with E-state index in [9.17, 15) is 0 Å². The molecule has 92 valence electrons. The molecule has 1 fully saturated rings. The summed E-state index contributed by atoms with van der Waals surface area (Å²) < 4.78 is 10.7. The molecule has 1 N–H and O–H groups in total. The minimum absolute atomic E-state index is 0.353. The van der Waals surface area contributed by atoms with E-state index in [2.05, 4.69) is 29.2 Å². The summed E-state index contributed by atoms with van der Waals surface area (Å²) in [5, 5.41) is 3.62. The number of ether oxygens (including phenoxy) is 2. The summed E-state index contributed by atoms with van der Waals surface area (Å²) >= 11 is 2.06. The fourth-order valence-electron chi connectivity index (χ4n) is 2.21. The van der Waals surface area contributed by atoms with E-state index in [1.807, 2.05) is 6.07 Å². The Bertz CT molecular complexity index is 391. The molecule has 4 heteroatoms. The SMILES string of the molecule is c1cc2c(cc1CNC1CCSCC1)OCO2. The van der Waals surface area contributed by atoms with Crippen LogP contribution in [0.25, 0.3) is 0 Å². The third-order valence-corrected chi connectivity index (χ3v) is 4.30. The third kappa shape index (κ3) is 2.69. The van der Waals surface area contributed by atoms with Crippen molar-refractivity contribution in [3.63, 3.8) is 0 Å². The quantitative estimate of drug-likeness (QED) is 0.893. The lowest BCUT2D eigenvalue weighted by Gasteiger charge is -2.22. The van der Waals surface area contributed by atoms with E-state index >= 15 is 0 Å². The zero-order valence-electron chi connectivity index (χ0n) is 9.78. The zero-order valence-corrected chi connectivity index (χ0v) is 10.6. The van der Waals surface area contributed by atoms with Crippen LogP contribution in [0.5, 0.6) is 11.5 Å². The monoisotopic (exact) mass is 251 g/mol. The minimum atomic E-state index is 0.353. The number of thioether (sulfide) groups is 1. The van der Waals surface area contributed by atoms with Gasteiger partial charge in [-0.3, -0.25) is 0 Å². The van der Waals surface area contributed by atoms with E-state index in [0.717, 1.165) is 18.0 Å². The van der Waals surface area contributed by atoms with Gasteiger partial charge >= 0.3 is 0 Å². The van der Waals surface area contributed by atoms with Gasteiger partial charge in [-0.1, -0.05) is 6.07 Å². The van der Waals surface area contributed by atoms with Crippen LogP contribution in [-0.4, -0.2) is 24.3 Å². The Morgan fingerprint density at radius 1 is 1.18 bits per heavy atom. The molecule has 2 aliphatic rings. The number of hydrogen-bond acceptors (Lipinski definition) is 4. The Hall–Kier alpha value is -0.870. The second-order valence-corrected chi connectivity index (χ2v) is 5.68. The maximum Gasteiger partial charge on any atom is 0.231 e. The van der Waals surface area contributed by atoms with Gasteiger partial charge in [0.1, 0.15) is 0 Å². The summed E-state index contributed by atoms with van der Waals surface area (Å²) in [7, 11) is 0. The molecule has 1 aromatic rings. The molecule has 2 aliphatic heterocycles. The van der Waals surface area contributed by atoms with Gasteiger partial charge in [0.15, 0.2) is 11.5 Å². The molecule has 3 nitrogen and oxygen atoms in total. The van der Waals surface area contributed by atoms with Crippen LogP contribution in [0.4, 0.5) is 0 Å². The summed E-state index contributed by atoms with van der Waals surface area (Å²) in [6, 6.07) is 6.86. The van der Waals surface area contributed by atoms with Crippen LogP contribution in [0.1, 0.15) is 18.4 Å². The van der Waals surface area contributed by atoms with Crippen molar-refractivity contribution >= 4 is 11.8 Å². The first-order chi connectivity index (χ1) is 8.42.